The summed E-state index contributed by atoms with van der Waals surface area (Å²) in [6.45, 7) is 6.47. The highest BCUT2D eigenvalue weighted by Gasteiger charge is 2.31. The first-order chi connectivity index (χ1) is 19.9. The van der Waals surface area contributed by atoms with Crippen molar-refractivity contribution in [2.75, 3.05) is 44.3 Å². The monoisotopic (exact) mass is 603 g/mol. The van der Waals surface area contributed by atoms with E-state index in [1.165, 1.54) is 6.07 Å². The van der Waals surface area contributed by atoms with Crippen molar-refractivity contribution in [2.24, 2.45) is 5.92 Å². The number of hydrogen-bond acceptors (Lipinski definition) is 7. The van der Waals surface area contributed by atoms with Gasteiger partial charge in [-0.2, -0.15) is 0 Å². The Labute approximate surface area is 250 Å². The standard InChI is InChI=1S/C31H45N3O7S/c1-22-19-34(23(2)21-35)31(37)27-18-26(32-42(5,38)39)14-15-28(27)41-24(3)11-9-10-16-40-29(22)20-33(4)30(36)17-25-12-7-6-8-13-25/h6-8,12-15,18,22-24,29,32,35H,9-11,16-17,19-21H2,1-5H3/t22-,23+,24+,29+/m1/s1. The fourth-order valence-electron chi connectivity index (χ4n) is 4.94. The number of likely N-dealkylation sites (N-methyl/N-ethyl adjacent to an activating group) is 1. The minimum atomic E-state index is -3.57. The van der Waals surface area contributed by atoms with Crippen molar-refractivity contribution in [2.45, 2.75) is 64.7 Å². The predicted octanol–water partition coefficient (Wildman–Crippen LogP) is 3.55. The van der Waals surface area contributed by atoms with E-state index in [9.17, 15) is 23.1 Å². The van der Waals surface area contributed by atoms with Gasteiger partial charge in [-0.05, 0) is 56.9 Å². The number of nitrogens with one attached hydrogen (secondary N) is 1. The minimum absolute atomic E-state index is 0.0288. The highest BCUT2D eigenvalue weighted by Crippen LogP contribution is 2.29. The number of rotatable bonds is 8. The molecule has 10 nitrogen and oxygen atoms in total. The van der Waals surface area contributed by atoms with Gasteiger partial charge >= 0.3 is 0 Å². The van der Waals surface area contributed by atoms with Crippen LogP contribution < -0.4 is 9.46 Å². The number of aliphatic hydroxyl groups is 1. The summed E-state index contributed by atoms with van der Waals surface area (Å²) in [6.07, 6.45) is 3.14. The Kier molecular flexibility index (Phi) is 12.2. The zero-order valence-corrected chi connectivity index (χ0v) is 26.1. The molecule has 232 valence electrons. The zero-order valence-electron chi connectivity index (χ0n) is 25.3. The number of aliphatic hydroxyl groups excluding tert-OH is 1. The predicted molar refractivity (Wildman–Crippen MR) is 163 cm³/mol. The van der Waals surface area contributed by atoms with Gasteiger partial charge in [0.2, 0.25) is 15.9 Å². The van der Waals surface area contributed by atoms with Crippen LogP contribution in [0.2, 0.25) is 0 Å². The van der Waals surface area contributed by atoms with E-state index in [4.69, 9.17) is 9.47 Å². The lowest BCUT2D eigenvalue weighted by atomic mass is 10.0. The number of carbonyl (C=O) groups excluding carboxylic acids is 2. The number of amides is 2. The molecule has 42 heavy (non-hydrogen) atoms. The number of anilines is 1. The van der Waals surface area contributed by atoms with Crippen LogP contribution in [0.4, 0.5) is 5.69 Å². The van der Waals surface area contributed by atoms with Gasteiger partial charge in [-0.3, -0.25) is 14.3 Å². The van der Waals surface area contributed by atoms with Crippen molar-refractivity contribution < 1.29 is 32.6 Å². The van der Waals surface area contributed by atoms with Crippen molar-refractivity contribution in [3.8, 4) is 5.75 Å². The molecule has 2 aromatic carbocycles. The average Bonchev–Trinajstić information content (AvgIpc) is 2.94. The van der Waals surface area contributed by atoms with Gasteiger partial charge in [0.15, 0.2) is 0 Å². The lowest BCUT2D eigenvalue weighted by Gasteiger charge is -2.36. The normalized spacial score (nSPS) is 21.4. The molecule has 0 saturated heterocycles. The summed E-state index contributed by atoms with van der Waals surface area (Å²) in [5, 5.41) is 10.1. The molecular weight excluding hydrogens is 558 g/mol. The number of sulfonamides is 1. The molecule has 4 atom stereocenters. The van der Waals surface area contributed by atoms with E-state index in [0.29, 0.717) is 18.9 Å². The Morgan fingerprint density at radius 2 is 1.88 bits per heavy atom. The Morgan fingerprint density at radius 3 is 2.55 bits per heavy atom. The number of hydrogen-bond donors (Lipinski definition) is 2. The van der Waals surface area contributed by atoms with Crippen molar-refractivity contribution in [3.63, 3.8) is 0 Å². The maximum absolute atomic E-state index is 14.1. The van der Waals surface area contributed by atoms with Gasteiger partial charge in [0.05, 0.1) is 43.1 Å². The molecule has 0 saturated carbocycles. The topological polar surface area (TPSA) is 125 Å². The molecule has 1 heterocycles. The highest BCUT2D eigenvalue weighted by molar-refractivity contribution is 7.92. The van der Waals surface area contributed by atoms with Crippen molar-refractivity contribution in [1.29, 1.82) is 0 Å². The second kappa shape index (κ2) is 15.4. The Bertz CT molecular complexity index is 1290. The van der Waals surface area contributed by atoms with Crippen LogP contribution in [0.15, 0.2) is 48.5 Å². The average molecular weight is 604 g/mol. The molecule has 1 aliphatic rings. The molecule has 0 bridgehead atoms. The van der Waals surface area contributed by atoms with Crippen molar-refractivity contribution in [1.82, 2.24) is 9.80 Å². The van der Waals surface area contributed by atoms with E-state index in [1.54, 1.807) is 35.9 Å². The molecule has 2 N–H and O–H groups in total. The smallest absolute Gasteiger partial charge is 0.258 e. The van der Waals surface area contributed by atoms with E-state index in [-0.39, 0.29) is 54.9 Å². The Hall–Kier alpha value is -3.15. The van der Waals surface area contributed by atoms with Gasteiger partial charge in [-0.1, -0.05) is 37.3 Å². The van der Waals surface area contributed by atoms with E-state index >= 15 is 0 Å². The van der Waals surface area contributed by atoms with Crippen molar-refractivity contribution in [3.05, 3.63) is 59.7 Å². The molecule has 0 fully saturated rings. The number of benzene rings is 2. The lowest BCUT2D eigenvalue weighted by molar-refractivity contribution is -0.131. The molecular formula is C31H45N3O7S. The van der Waals surface area contributed by atoms with Gasteiger partial charge in [0.25, 0.3) is 5.91 Å². The first-order valence-electron chi connectivity index (χ1n) is 14.5. The van der Waals surface area contributed by atoms with E-state index in [2.05, 4.69) is 4.72 Å². The summed E-state index contributed by atoms with van der Waals surface area (Å²) in [7, 11) is -1.81. The SMILES string of the molecule is C[C@@H]1CN([C@@H](C)CO)C(=O)c2cc(NS(C)(=O)=O)ccc2O[C@@H](C)CCCCO[C@H]1CN(C)C(=O)Cc1ccccc1. The van der Waals surface area contributed by atoms with E-state index in [0.717, 1.165) is 31.1 Å². The van der Waals surface area contributed by atoms with Crippen LogP contribution in [-0.4, -0.2) is 93.0 Å². The summed E-state index contributed by atoms with van der Waals surface area (Å²) in [5.41, 5.74) is 1.38. The largest absolute Gasteiger partial charge is 0.490 e. The van der Waals surface area contributed by atoms with Gasteiger partial charge < -0.3 is 24.4 Å². The molecule has 0 spiro atoms. The number of carbonyl (C=O) groups is 2. The van der Waals surface area contributed by atoms with Gasteiger partial charge in [-0.15, -0.1) is 0 Å². The Balaban J connectivity index is 1.91. The highest BCUT2D eigenvalue weighted by atomic mass is 32.2. The van der Waals surface area contributed by atoms with Gasteiger partial charge in [0.1, 0.15) is 5.75 Å². The summed E-state index contributed by atoms with van der Waals surface area (Å²) >= 11 is 0. The van der Waals surface area contributed by atoms with Crippen LogP contribution in [-0.2, 0) is 26.0 Å². The molecule has 3 rings (SSSR count). The van der Waals surface area contributed by atoms with Crippen molar-refractivity contribution >= 4 is 27.5 Å². The lowest BCUT2D eigenvalue weighted by Crippen LogP contribution is -2.48. The van der Waals surface area contributed by atoms with Gasteiger partial charge in [-0.25, -0.2) is 8.42 Å². The summed E-state index contributed by atoms with van der Waals surface area (Å²) in [6, 6.07) is 13.7. The number of nitrogens with zero attached hydrogens (tertiary/aromatic N) is 2. The third-order valence-corrected chi connectivity index (χ3v) is 8.04. The number of fused-ring (bicyclic) bond motifs is 1. The minimum Gasteiger partial charge on any atom is -0.490 e. The maximum atomic E-state index is 14.1. The second-order valence-corrected chi connectivity index (χ2v) is 13.1. The molecule has 11 heteroatoms. The molecule has 2 amide bonds. The fourth-order valence-corrected chi connectivity index (χ4v) is 5.50. The maximum Gasteiger partial charge on any atom is 0.258 e. The summed E-state index contributed by atoms with van der Waals surface area (Å²) in [5.74, 6) is -0.269. The third kappa shape index (κ3) is 9.99. The molecule has 0 aliphatic carbocycles. The Morgan fingerprint density at radius 1 is 1.17 bits per heavy atom. The van der Waals surface area contributed by atoms with Crippen LogP contribution in [0.3, 0.4) is 0 Å². The summed E-state index contributed by atoms with van der Waals surface area (Å²) < 4.78 is 38.7. The molecule has 0 unspecified atom stereocenters. The quantitative estimate of drug-likeness (QED) is 0.473. The first kappa shape index (κ1) is 33.4. The molecule has 1 aliphatic heterocycles. The molecule has 2 aromatic rings. The molecule has 0 aromatic heterocycles. The third-order valence-electron chi connectivity index (χ3n) is 7.43. The van der Waals surface area contributed by atoms with Crippen LogP contribution in [0.5, 0.6) is 5.75 Å². The van der Waals surface area contributed by atoms with Crippen LogP contribution in [0.25, 0.3) is 0 Å². The van der Waals surface area contributed by atoms with Crippen LogP contribution in [0.1, 0.15) is 56.0 Å². The fraction of sp³-hybridized carbons (Fsp3) is 0.548. The van der Waals surface area contributed by atoms with Gasteiger partial charge in [0, 0.05) is 38.3 Å². The van der Waals surface area contributed by atoms with Crippen LogP contribution in [0, 0.1) is 5.92 Å². The second-order valence-electron chi connectivity index (χ2n) is 11.3. The van der Waals surface area contributed by atoms with Crippen LogP contribution >= 0.6 is 0 Å². The van der Waals surface area contributed by atoms with E-state index < -0.39 is 22.0 Å². The zero-order chi connectivity index (χ0) is 30.9. The first-order valence-corrected chi connectivity index (χ1v) is 16.4. The van der Waals surface area contributed by atoms with E-state index in [1.807, 2.05) is 44.2 Å². The summed E-state index contributed by atoms with van der Waals surface area (Å²) in [4.78, 5) is 30.3. The molecule has 0 radical (unpaired) electrons. The number of ether oxygens (including phenoxy) is 2.